The minimum absolute atomic E-state index is 0.0233. The van der Waals surface area contributed by atoms with Crippen LogP contribution in [-0.4, -0.2) is 54.2 Å². The standard InChI is InChI=1S/C21H16Cl2N4O5S2/c1-34(29,30)21-26-27-18(24)15(19(28)25-20(27)33-21)10-12-2-7-17(16(23)11-12)32-9-8-31-14-5-3-13(22)4-6-14/h2-7,10-11,24H,8-9H2,1H3/b15-10+,24-18?. The van der Waals surface area contributed by atoms with E-state index in [2.05, 4.69) is 10.1 Å². The summed E-state index contributed by atoms with van der Waals surface area (Å²) in [7, 11) is -3.60. The summed E-state index contributed by atoms with van der Waals surface area (Å²) in [4.78, 5) is 16.3. The van der Waals surface area contributed by atoms with Gasteiger partial charge in [0.15, 0.2) is 5.84 Å². The number of hydrogen-bond acceptors (Lipinski definition) is 8. The molecule has 2 aromatic rings. The van der Waals surface area contributed by atoms with E-state index in [0.29, 0.717) is 33.7 Å². The van der Waals surface area contributed by atoms with Crippen LogP contribution in [0.25, 0.3) is 6.08 Å². The van der Waals surface area contributed by atoms with Gasteiger partial charge < -0.3 is 9.47 Å². The molecule has 13 heteroatoms. The van der Waals surface area contributed by atoms with Crippen LogP contribution in [0.2, 0.25) is 10.0 Å². The highest BCUT2D eigenvalue weighted by Crippen LogP contribution is 2.31. The molecular weight excluding hydrogens is 523 g/mol. The minimum Gasteiger partial charge on any atom is -0.490 e. The van der Waals surface area contributed by atoms with Crippen molar-refractivity contribution in [2.45, 2.75) is 0 Å². The van der Waals surface area contributed by atoms with Crippen molar-refractivity contribution in [3.63, 3.8) is 0 Å². The second-order valence-electron chi connectivity index (χ2n) is 7.00. The Labute approximate surface area is 209 Å². The number of amidine groups is 2. The number of amides is 1. The van der Waals surface area contributed by atoms with E-state index in [4.69, 9.17) is 38.1 Å². The topological polar surface area (TPSA) is 121 Å². The Bertz CT molecular complexity index is 1370. The highest BCUT2D eigenvalue weighted by molar-refractivity contribution is 8.42. The molecule has 2 heterocycles. The summed E-state index contributed by atoms with van der Waals surface area (Å²) in [5.74, 6) is 0.129. The zero-order valence-corrected chi connectivity index (χ0v) is 20.6. The molecule has 2 aromatic carbocycles. The van der Waals surface area contributed by atoms with Crippen molar-refractivity contribution in [2.75, 3.05) is 19.5 Å². The number of hydrogen-bond donors (Lipinski definition) is 1. The van der Waals surface area contributed by atoms with Gasteiger partial charge in [0.25, 0.3) is 5.91 Å². The molecule has 1 amide bonds. The second kappa shape index (κ2) is 9.79. The van der Waals surface area contributed by atoms with Crippen LogP contribution in [0.3, 0.4) is 0 Å². The molecule has 0 aliphatic carbocycles. The number of benzene rings is 2. The van der Waals surface area contributed by atoms with E-state index in [9.17, 15) is 13.2 Å². The Kier molecular flexibility index (Phi) is 6.99. The van der Waals surface area contributed by atoms with E-state index in [1.165, 1.54) is 6.08 Å². The number of halogens is 2. The fourth-order valence-electron chi connectivity index (χ4n) is 2.86. The summed E-state index contributed by atoms with van der Waals surface area (Å²) in [6.45, 7) is 0.538. The Morgan fingerprint density at radius 2 is 1.82 bits per heavy atom. The van der Waals surface area contributed by atoms with Gasteiger partial charge in [-0.05, 0) is 59.8 Å². The van der Waals surface area contributed by atoms with Gasteiger partial charge in [0.05, 0.1) is 10.6 Å². The number of aliphatic imine (C=N–C) groups is 1. The van der Waals surface area contributed by atoms with Gasteiger partial charge in [-0.2, -0.15) is 10.0 Å². The molecule has 1 N–H and O–H groups in total. The van der Waals surface area contributed by atoms with Gasteiger partial charge in [0.1, 0.15) is 24.7 Å². The molecule has 0 unspecified atom stereocenters. The van der Waals surface area contributed by atoms with Crippen molar-refractivity contribution < 1.29 is 22.7 Å². The van der Waals surface area contributed by atoms with E-state index in [1.807, 2.05) is 0 Å². The zero-order chi connectivity index (χ0) is 24.5. The van der Waals surface area contributed by atoms with Crippen molar-refractivity contribution in [3.05, 3.63) is 63.6 Å². The molecule has 0 saturated carbocycles. The van der Waals surface area contributed by atoms with Crippen LogP contribution in [0.4, 0.5) is 0 Å². The Balaban J connectivity index is 1.43. The summed E-state index contributed by atoms with van der Waals surface area (Å²) in [6, 6.07) is 11.8. The van der Waals surface area contributed by atoms with Crippen LogP contribution in [0.5, 0.6) is 11.5 Å². The highest BCUT2D eigenvalue weighted by atomic mass is 35.5. The summed E-state index contributed by atoms with van der Waals surface area (Å²) in [6.07, 6.45) is 2.43. The summed E-state index contributed by atoms with van der Waals surface area (Å²) in [5, 5.41) is 14.2. The maximum absolute atomic E-state index is 12.5. The highest BCUT2D eigenvalue weighted by Gasteiger charge is 2.38. The van der Waals surface area contributed by atoms with Crippen LogP contribution >= 0.6 is 35.0 Å². The summed E-state index contributed by atoms with van der Waals surface area (Å²) in [5.41, 5.74) is 0.477. The SMILES string of the molecule is CS(=O)(=O)C1=NN2C(=N)/C(=C\c3ccc(OCCOc4ccc(Cl)cc4)c(Cl)c3)C(=O)N=C2S1. The summed E-state index contributed by atoms with van der Waals surface area (Å²) < 4.78 is 34.5. The van der Waals surface area contributed by atoms with Crippen molar-refractivity contribution in [1.82, 2.24) is 5.01 Å². The lowest BCUT2D eigenvalue weighted by molar-refractivity contribution is -0.114. The number of rotatable bonds is 6. The fourth-order valence-corrected chi connectivity index (χ4v) is 4.91. The van der Waals surface area contributed by atoms with Crippen LogP contribution in [0.15, 0.2) is 58.1 Å². The lowest BCUT2D eigenvalue weighted by atomic mass is 10.1. The van der Waals surface area contributed by atoms with Crippen LogP contribution in [0, 0.1) is 5.41 Å². The van der Waals surface area contributed by atoms with Crippen molar-refractivity contribution in [2.24, 2.45) is 10.1 Å². The number of sulfone groups is 1. The first-order chi connectivity index (χ1) is 16.1. The fraction of sp³-hybridized carbons (Fsp3) is 0.143. The molecule has 2 aliphatic rings. The van der Waals surface area contributed by atoms with Gasteiger partial charge in [-0.15, -0.1) is 5.10 Å². The first-order valence-corrected chi connectivity index (χ1v) is 13.1. The molecule has 0 fully saturated rings. The van der Waals surface area contributed by atoms with Crippen LogP contribution < -0.4 is 9.47 Å². The maximum atomic E-state index is 12.5. The molecule has 4 rings (SSSR count). The van der Waals surface area contributed by atoms with Gasteiger partial charge in [-0.3, -0.25) is 10.2 Å². The molecule has 2 aliphatic heterocycles. The predicted octanol–water partition coefficient (Wildman–Crippen LogP) is 4.07. The average Bonchev–Trinajstić information content (AvgIpc) is 3.21. The molecule has 176 valence electrons. The van der Waals surface area contributed by atoms with Crippen molar-refractivity contribution in [3.8, 4) is 11.5 Å². The third-order valence-electron chi connectivity index (χ3n) is 4.44. The van der Waals surface area contributed by atoms with E-state index < -0.39 is 15.7 Å². The first-order valence-electron chi connectivity index (χ1n) is 9.63. The quantitative estimate of drug-likeness (QED) is 0.434. The van der Waals surface area contributed by atoms with Crippen molar-refractivity contribution >= 4 is 72.2 Å². The number of hydrazone groups is 1. The van der Waals surface area contributed by atoms with E-state index in [0.717, 1.165) is 23.0 Å². The molecule has 34 heavy (non-hydrogen) atoms. The molecular formula is C21H16Cl2N4O5S2. The van der Waals surface area contributed by atoms with Gasteiger partial charge in [-0.25, -0.2) is 8.42 Å². The number of thioether (sulfide) groups is 1. The molecule has 0 aromatic heterocycles. The average molecular weight is 539 g/mol. The molecule has 0 atom stereocenters. The number of carbonyl (C=O) groups is 1. The lowest BCUT2D eigenvalue weighted by Crippen LogP contribution is -2.35. The van der Waals surface area contributed by atoms with Gasteiger partial charge in [-0.1, -0.05) is 29.3 Å². The van der Waals surface area contributed by atoms with E-state index >= 15 is 0 Å². The second-order valence-corrected chi connectivity index (χ2v) is 11.0. The van der Waals surface area contributed by atoms with Crippen LogP contribution in [0.1, 0.15) is 5.56 Å². The van der Waals surface area contributed by atoms with Gasteiger partial charge in [0.2, 0.25) is 19.4 Å². The molecule has 0 bridgehead atoms. The predicted molar refractivity (Wildman–Crippen MR) is 134 cm³/mol. The molecule has 0 saturated heterocycles. The Morgan fingerprint density at radius 3 is 2.50 bits per heavy atom. The Hall–Kier alpha value is -2.86. The van der Waals surface area contributed by atoms with Crippen LogP contribution in [-0.2, 0) is 14.6 Å². The molecule has 9 nitrogen and oxygen atoms in total. The van der Waals surface area contributed by atoms with Gasteiger partial charge in [0, 0.05) is 11.3 Å². The largest absolute Gasteiger partial charge is 0.490 e. The normalized spacial score (nSPS) is 16.9. The van der Waals surface area contributed by atoms with Crippen molar-refractivity contribution in [1.29, 1.82) is 5.41 Å². The number of fused-ring (bicyclic) bond motifs is 1. The van der Waals surface area contributed by atoms with Gasteiger partial charge >= 0.3 is 0 Å². The maximum Gasteiger partial charge on any atom is 0.283 e. The monoisotopic (exact) mass is 538 g/mol. The number of carbonyl (C=O) groups excluding carboxylic acids is 1. The number of nitrogens with one attached hydrogen (secondary N) is 1. The smallest absolute Gasteiger partial charge is 0.283 e. The number of ether oxygens (including phenoxy) is 2. The van der Waals surface area contributed by atoms with E-state index in [-0.39, 0.29) is 27.6 Å². The van der Waals surface area contributed by atoms with E-state index in [1.54, 1.807) is 42.5 Å². The first kappa shape index (κ1) is 24.3. The number of nitrogens with zero attached hydrogens (tertiary/aromatic N) is 3. The molecule has 0 radical (unpaired) electrons. The molecule has 0 spiro atoms. The third kappa shape index (κ3) is 5.44. The lowest BCUT2D eigenvalue weighted by Gasteiger charge is -2.20. The minimum atomic E-state index is -3.60. The Morgan fingerprint density at radius 1 is 1.12 bits per heavy atom. The third-order valence-corrected chi connectivity index (χ3v) is 7.57. The zero-order valence-electron chi connectivity index (χ0n) is 17.5. The summed E-state index contributed by atoms with van der Waals surface area (Å²) >= 11 is 12.9.